The molecule has 3 unspecified atom stereocenters. The smallest absolute Gasteiger partial charge is 0.0360 e. The lowest BCUT2D eigenvalue weighted by molar-refractivity contribution is 0.242. The zero-order valence-electron chi connectivity index (χ0n) is 10.3. The maximum Gasteiger partial charge on any atom is 0.0360 e. The molecule has 2 nitrogen and oxygen atoms in total. The Labute approximate surface area is 96.7 Å². The maximum atomic E-state index is 11.3. The van der Waals surface area contributed by atoms with E-state index in [4.69, 9.17) is 0 Å². The summed E-state index contributed by atoms with van der Waals surface area (Å²) in [4.78, 5) is 0. The SMILES string of the molecule is CCS(=O)CCNC1CC(C)CC(C)C1. The molecule has 0 saturated heterocycles. The molecule has 0 aromatic carbocycles. The van der Waals surface area contributed by atoms with Crippen molar-refractivity contribution in [1.29, 1.82) is 0 Å². The summed E-state index contributed by atoms with van der Waals surface area (Å²) in [6.45, 7) is 7.59. The first kappa shape index (κ1) is 13.2. The summed E-state index contributed by atoms with van der Waals surface area (Å²) in [5.41, 5.74) is 0. The second-order valence-electron chi connectivity index (χ2n) is 5.00. The molecule has 0 amide bonds. The van der Waals surface area contributed by atoms with Gasteiger partial charge in [0, 0.05) is 34.9 Å². The van der Waals surface area contributed by atoms with Crippen LogP contribution in [0.25, 0.3) is 0 Å². The lowest BCUT2D eigenvalue weighted by Gasteiger charge is -2.32. The van der Waals surface area contributed by atoms with Crippen LogP contribution in [0.5, 0.6) is 0 Å². The van der Waals surface area contributed by atoms with Gasteiger partial charge in [-0.2, -0.15) is 0 Å². The predicted octanol–water partition coefficient (Wildman–Crippen LogP) is 2.17. The van der Waals surface area contributed by atoms with Gasteiger partial charge in [0.2, 0.25) is 0 Å². The Morgan fingerprint density at radius 1 is 1.20 bits per heavy atom. The summed E-state index contributed by atoms with van der Waals surface area (Å²) in [6.07, 6.45) is 3.96. The van der Waals surface area contributed by atoms with Crippen molar-refractivity contribution in [2.45, 2.75) is 46.1 Å². The molecule has 15 heavy (non-hydrogen) atoms. The van der Waals surface area contributed by atoms with Crippen molar-refractivity contribution in [3.8, 4) is 0 Å². The molecule has 0 bridgehead atoms. The van der Waals surface area contributed by atoms with Crippen LogP contribution >= 0.6 is 0 Å². The van der Waals surface area contributed by atoms with Crippen molar-refractivity contribution in [1.82, 2.24) is 5.32 Å². The molecule has 3 atom stereocenters. The first-order valence-corrected chi connectivity index (χ1v) is 7.69. The van der Waals surface area contributed by atoms with Gasteiger partial charge in [-0.15, -0.1) is 0 Å². The molecule has 1 aliphatic carbocycles. The lowest BCUT2D eigenvalue weighted by Crippen LogP contribution is -2.38. The Kier molecular flexibility index (Phi) is 5.83. The zero-order chi connectivity index (χ0) is 11.3. The molecular formula is C12H25NOS. The highest BCUT2D eigenvalue weighted by atomic mass is 32.2. The third-order valence-electron chi connectivity index (χ3n) is 3.26. The van der Waals surface area contributed by atoms with E-state index in [-0.39, 0.29) is 0 Å². The van der Waals surface area contributed by atoms with Gasteiger partial charge in [0.15, 0.2) is 0 Å². The molecule has 0 radical (unpaired) electrons. The second kappa shape index (κ2) is 6.64. The Balaban J connectivity index is 2.17. The van der Waals surface area contributed by atoms with Crippen LogP contribution in [0.3, 0.4) is 0 Å². The average Bonchev–Trinajstić information content (AvgIpc) is 2.16. The van der Waals surface area contributed by atoms with Crippen LogP contribution in [0.4, 0.5) is 0 Å². The van der Waals surface area contributed by atoms with Crippen LogP contribution in [0.1, 0.15) is 40.0 Å². The summed E-state index contributed by atoms with van der Waals surface area (Å²) < 4.78 is 11.3. The van der Waals surface area contributed by atoms with Gasteiger partial charge in [-0.1, -0.05) is 20.8 Å². The maximum absolute atomic E-state index is 11.3. The number of rotatable bonds is 5. The Bertz CT molecular complexity index is 198. The second-order valence-corrected chi connectivity index (χ2v) is 6.87. The van der Waals surface area contributed by atoms with E-state index in [1.807, 2.05) is 6.92 Å². The molecule has 1 N–H and O–H groups in total. The minimum absolute atomic E-state index is 0.611. The predicted molar refractivity (Wildman–Crippen MR) is 67.5 cm³/mol. The van der Waals surface area contributed by atoms with Crippen molar-refractivity contribution in [2.24, 2.45) is 11.8 Å². The van der Waals surface area contributed by atoms with Gasteiger partial charge >= 0.3 is 0 Å². The standard InChI is InChI=1S/C12H25NOS/c1-4-15(14)6-5-13-12-8-10(2)7-11(3)9-12/h10-13H,4-9H2,1-3H3. The van der Waals surface area contributed by atoms with Crippen LogP contribution in [-0.4, -0.2) is 28.3 Å². The number of hydrogen-bond donors (Lipinski definition) is 1. The van der Waals surface area contributed by atoms with Crippen LogP contribution in [0, 0.1) is 11.8 Å². The Morgan fingerprint density at radius 2 is 1.80 bits per heavy atom. The van der Waals surface area contributed by atoms with Crippen LogP contribution in [-0.2, 0) is 10.8 Å². The summed E-state index contributed by atoms with van der Waals surface area (Å²) in [5.74, 6) is 3.31. The van der Waals surface area contributed by atoms with E-state index in [9.17, 15) is 4.21 Å². The van der Waals surface area contributed by atoms with E-state index >= 15 is 0 Å². The molecule has 1 aliphatic rings. The van der Waals surface area contributed by atoms with Crippen molar-refractivity contribution >= 4 is 10.8 Å². The molecule has 1 saturated carbocycles. The summed E-state index contributed by atoms with van der Waals surface area (Å²) in [5, 5.41) is 3.55. The Morgan fingerprint density at radius 3 is 2.33 bits per heavy atom. The van der Waals surface area contributed by atoms with E-state index in [0.29, 0.717) is 6.04 Å². The summed E-state index contributed by atoms with van der Waals surface area (Å²) in [6, 6.07) is 0.664. The van der Waals surface area contributed by atoms with Gasteiger partial charge in [-0.25, -0.2) is 0 Å². The molecular weight excluding hydrogens is 206 g/mol. The topological polar surface area (TPSA) is 29.1 Å². The fourth-order valence-corrected chi connectivity index (χ4v) is 3.27. The highest BCUT2D eigenvalue weighted by Crippen LogP contribution is 2.28. The van der Waals surface area contributed by atoms with Crippen molar-refractivity contribution < 1.29 is 4.21 Å². The minimum atomic E-state index is -0.611. The number of hydrogen-bond acceptors (Lipinski definition) is 2. The summed E-state index contributed by atoms with van der Waals surface area (Å²) in [7, 11) is -0.611. The van der Waals surface area contributed by atoms with Gasteiger partial charge in [0.25, 0.3) is 0 Å². The van der Waals surface area contributed by atoms with Crippen LogP contribution in [0.2, 0.25) is 0 Å². The van der Waals surface area contributed by atoms with Crippen molar-refractivity contribution in [3.63, 3.8) is 0 Å². The van der Waals surface area contributed by atoms with Gasteiger partial charge in [-0.3, -0.25) is 4.21 Å². The van der Waals surface area contributed by atoms with Crippen LogP contribution < -0.4 is 5.32 Å². The monoisotopic (exact) mass is 231 g/mol. The van der Waals surface area contributed by atoms with E-state index in [1.54, 1.807) is 0 Å². The molecule has 0 aromatic heterocycles. The molecule has 3 heteroatoms. The zero-order valence-corrected chi connectivity index (χ0v) is 11.1. The lowest BCUT2D eigenvalue weighted by atomic mass is 9.80. The molecule has 90 valence electrons. The van der Waals surface area contributed by atoms with Gasteiger partial charge in [0.05, 0.1) is 0 Å². The minimum Gasteiger partial charge on any atom is -0.313 e. The van der Waals surface area contributed by atoms with Crippen molar-refractivity contribution in [2.75, 3.05) is 18.1 Å². The number of nitrogens with one attached hydrogen (secondary N) is 1. The van der Waals surface area contributed by atoms with Gasteiger partial charge in [-0.05, 0) is 31.1 Å². The van der Waals surface area contributed by atoms with E-state index < -0.39 is 10.8 Å². The molecule has 0 aliphatic heterocycles. The normalized spacial score (nSPS) is 33.9. The molecule has 1 rings (SSSR count). The fraction of sp³-hybridized carbons (Fsp3) is 1.00. The average molecular weight is 231 g/mol. The third kappa shape index (κ3) is 5.12. The largest absolute Gasteiger partial charge is 0.313 e. The van der Waals surface area contributed by atoms with Crippen LogP contribution in [0.15, 0.2) is 0 Å². The highest BCUT2D eigenvalue weighted by Gasteiger charge is 2.23. The van der Waals surface area contributed by atoms with E-state index in [0.717, 1.165) is 29.9 Å². The highest BCUT2D eigenvalue weighted by molar-refractivity contribution is 7.84. The molecule has 0 spiro atoms. The third-order valence-corrected chi connectivity index (χ3v) is 4.57. The molecule has 1 fully saturated rings. The quantitative estimate of drug-likeness (QED) is 0.785. The van der Waals surface area contributed by atoms with Gasteiger partial charge in [0.1, 0.15) is 0 Å². The first-order chi connectivity index (χ1) is 7.11. The van der Waals surface area contributed by atoms with Gasteiger partial charge < -0.3 is 5.32 Å². The fourth-order valence-electron chi connectivity index (χ4n) is 2.63. The van der Waals surface area contributed by atoms with E-state index in [2.05, 4.69) is 19.2 Å². The molecule has 0 aromatic rings. The van der Waals surface area contributed by atoms with E-state index in [1.165, 1.54) is 19.3 Å². The van der Waals surface area contributed by atoms with Crippen molar-refractivity contribution in [3.05, 3.63) is 0 Å². The first-order valence-electron chi connectivity index (χ1n) is 6.20. The summed E-state index contributed by atoms with van der Waals surface area (Å²) >= 11 is 0. The molecule has 0 heterocycles. The Hall–Kier alpha value is 0.110.